The number of hydrogen-bond acceptors (Lipinski definition) is 4. The van der Waals surface area contributed by atoms with Crippen molar-refractivity contribution in [1.82, 2.24) is 5.32 Å². The van der Waals surface area contributed by atoms with E-state index in [-0.39, 0.29) is 12.2 Å². The molecule has 0 atom stereocenters. The summed E-state index contributed by atoms with van der Waals surface area (Å²) in [6.45, 7) is 7.10. The Kier molecular flexibility index (Phi) is 4.92. The van der Waals surface area contributed by atoms with Crippen molar-refractivity contribution in [3.8, 4) is 0 Å². The molecule has 0 aromatic rings. The van der Waals surface area contributed by atoms with Gasteiger partial charge in [-0.2, -0.15) is 0 Å². The van der Waals surface area contributed by atoms with Gasteiger partial charge in [0, 0.05) is 0 Å². The lowest BCUT2D eigenvalue weighted by Gasteiger charge is -2.28. The molecule has 0 rings (SSSR count). The molecule has 6 heteroatoms. The summed E-state index contributed by atoms with van der Waals surface area (Å²) in [5.74, 6) is -1.59. The van der Waals surface area contributed by atoms with Gasteiger partial charge in [0.15, 0.2) is 11.4 Å². The van der Waals surface area contributed by atoms with Crippen LogP contribution in [-0.4, -0.2) is 37.6 Å². The lowest BCUT2D eigenvalue weighted by atomic mass is 9.91. The Balaban J connectivity index is 4.82. The first-order chi connectivity index (χ1) is 7.55. The monoisotopic (exact) mass is 239 g/mol. The van der Waals surface area contributed by atoms with Gasteiger partial charge < -0.3 is 10.1 Å². The fraction of sp³-hybridized carbons (Fsp3) is 0.727. The third kappa shape index (κ3) is 3.87. The van der Waals surface area contributed by atoms with Crippen LogP contribution in [0.25, 0.3) is 0 Å². The van der Waals surface area contributed by atoms with Crippen molar-refractivity contribution in [2.24, 2.45) is 5.41 Å². The molecule has 17 heavy (non-hydrogen) atoms. The van der Waals surface area contributed by atoms with Crippen LogP contribution in [0.1, 0.15) is 34.6 Å². The van der Waals surface area contributed by atoms with E-state index in [4.69, 9.17) is 12.6 Å². The number of amides is 1. The number of hydrogen-bond donors (Lipinski definition) is 1. The number of carbonyl (C=O) groups excluding carboxylic acids is 3. The van der Waals surface area contributed by atoms with Gasteiger partial charge >= 0.3 is 5.97 Å². The molecule has 0 aliphatic carbocycles. The smallest absolute Gasteiger partial charge is 0.322 e. The Bertz CT molecular complexity index is 336. The maximum Gasteiger partial charge on any atom is 0.322 e. The number of esters is 1. The Hall–Kier alpha value is -1.33. The molecule has 0 spiro atoms. The molecule has 0 fully saturated rings. The summed E-state index contributed by atoms with van der Waals surface area (Å²) < 4.78 is 5.04. The lowest BCUT2D eigenvalue weighted by Crippen LogP contribution is -2.47. The second kappa shape index (κ2) is 5.34. The number of rotatable bonds is 5. The topological polar surface area (TPSA) is 72.5 Å². The minimum atomic E-state index is -1.38. The third-order valence-corrected chi connectivity index (χ3v) is 2.54. The summed E-state index contributed by atoms with van der Waals surface area (Å²) in [5, 5.41) is 2.33. The molecular weight excluding hydrogens is 221 g/mol. The lowest BCUT2D eigenvalue weighted by molar-refractivity contribution is -0.174. The molecular formula is C11H18BNO4. The highest BCUT2D eigenvalue weighted by atomic mass is 16.6. The highest BCUT2D eigenvalue weighted by Crippen LogP contribution is 2.22. The molecule has 0 aliphatic heterocycles. The van der Waals surface area contributed by atoms with Gasteiger partial charge in [-0.15, -0.1) is 0 Å². The predicted molar refractivity (Wildman–Crippen MR) is 63.4 cm³/mol. The van der Waals surface area contributed by atoms with Crippen molar-refractivity contribution >= 4 is 25.5 Å². The second-order valence-electron chi connectivity index (χ2n) is 4.79. The highest BCUT2D eigenvalue weighted by molar-refractivity contribution is 6.11. The van der Waals surface area contributed by atoms with E-state index in [1.807, 2.05) is 0 Å². The largest absolute Gasteiger partial charge is 0.451 e. The van der Waals surface area contributed by atoms with Gasteiger partial charge in [-0.3, -0.25) is 14.4 Å². The number of ether oxygens (including phenoxy) is 1. The van der Waals surface area contributed by atoms with Gasteiger partial charge in [0.05, 0.1) is 7.85 Å². The van der Waals surface area contributed by atoms with Crippen molar-refractivity contribution in [3.63, 3.8) is 0 Å². The van der Waals surface area contributed by atoms with Gasteiger partial charge in [0.2, 0.25) is 5.91 Å². The van der Waals surface area contributed by atoms with Crippen LogP contribution in [0.4, 0.5) is 0 Å². The van der Waals surface area contributed by atoms with E-state index in [1.54, 1.807) is 0 Å². The average Bonchev–Trinajstić information content (AvgIpc) is 2.16. The highest BCUT2D eigenvalue weighted by Gasteiger charge is 2.41. The quantitative estimate of drug-likeness (QED) is 0.421. The average molecular weight is 239 g/mol. The predicted octanol–water partition coefficient (Wildman–Crippen LogP) is 0.166. The standard InChI is InChI=1S/C11H18BNO4/c1-7(14)11(4,5)17-9(16)10(2,3)8(15)13-6-12/h6H2,1-5H3,(H,13,15). The van der Waals surface area contributed by atoms with Gasteiger partial charge in [0.1, 0.15) is 5.41 Å². The van der Waals surface area contributed by atoms with E-state index in [0.29, 0.717) is 0 Å². The zero-order valence-electron chi connectivity index (χ0n) is 10.9. The summed E-state index contributed by atoms with van der Waals surface area (Å²) in [5.41, 5.74) is -2.62. The fourth-order valence-electron chi connectivity index (χ4n) is 0.838. The van der Waals surface area contributed by atoms with Crippen molar-refractivity contribution in [3.05, 3.63) is 0 Å². The zero-order chi connectivity index (χ0) is 13.9. The Morgan fingerprint density at radius 3 is 2.00 bits per heavy atom. The Labute approximate surface area is 103 Å². The van der Waals surface area contributed by atoms with Gasteiger partial charge in [-0.1, -0.05) is 0 Å². The molecule has 0 saturated carbocycles. The van der Waals surface area contributed by atoms with E-state index < -0.39 is 22.9 Å². The number of nitrogens with one attached hydrogen (secondary N) is 1. The van der Waals surface area contributed by atoms with Crippen molar-refractivity contribution in [2.75, 3.05) is 6.44 Å². The van der Waals surface area contributed by atoms with E-state index in [2.05, 4.69) is 5.32 Å². The normalized spacial score (nSPS) is 11.8. The summed E-state index contributed by atoms with van der Waals surface area (Å²) >= 11 is 0. The molecule has 0 saturated heterocycles. The van der Waals surface area contributed by atoms with Crippen molar-refractivity contribution in [1.29, 1.82) is 0 Å². The van der Waals surface area contributed by atoms with Crippen molar-refractivity contribution < 1.29 is 19.1 Å². The molecule has 0 unspecified atom stereocenters. The van der Waals surface area contributed by atoms with Crippen LogP contribution < -0.4 is 5.32 Å². The van der Waals surface area contributed by atoms with E-state index in [9.17, 15) is 14.4 Å². The van der Waals surface area contributed by atoms with E-state index in [1.165, 1.54) is 34.6 Å². The van der Waals surface area contributed by atoms with Gasteiger partial charge in [-0.25, -0.2) is 0 Å². The summed E-state index contributed by atoms with van der Waals surface area (Å²) in [4.78, 5) is 34.6. The van der Waals surface area contributed by atoms with Crippen LogP contribution in [0.3, 0.4) is 0 Å². The van der Waals surface area contributed by atoms with Gasteiger partial charge in [0.25, 0.3) is 0 Å². The molecule has 0 aliphatic rings. The molecule has 1 N–H and O–H groups in total. The fourth-order valence-corrected chi connectivity index (χ4v) is 0.838. The van der Waals surface area contributed by atoms with E-state index in [0.717, 1.165) is 0 Å². The van der Waals surface area contributed by atoms with Crippen LogP contribution >= 0.6 is 0 Å². The number of carbonyl (C=O) groups is 3. The molecule has 0 aromatic heterocycles. The first-order valence-corrected chi connectivity index (χ1v) is 5.28. The SMILES string of the molecule is [B]CNC(=O)C(C)(C)C(=O)OC(C)(C)C(C)=O. The van der Waals surface area contributed by atoms with Crippen LogP contribution in [-0.2, 0) is 19.1 Å². The summed E-state index contributed by atoms with van der Waals surface area (Å²) in [6.07, 6.45) is -0.0638. The molecule has 94 valence electrons. The molecule has 1 amide bonds. The minimum absolute atomic E-state index is 0.0638. The Morgan fingerprint density at radius 2 is 1.65 bits per heavy atom. The molecule has 0 bridgehead atoms. The third-order valence-electron chi connectivity index (χ3n) is 2.54. The maximum atomic E-state index is 11.8. The van der Waals surface area contributed by atoms with Crippen LogP contribution in [0.5, 0.6) is 0 Å². The van der Waals surface area contributed by atoms with E-state index >= 15 is 0 Å². The molecule has 5 nitrogen and oxygen atoms in total. The minimum Gasteiger partial charge on any atom is -0.451 e. The number of ketones is 1. The van der Waals surface area contributed by atoms with Crippen molar-refractivity contribution in [2.45, 2.75) is 40.2 Å². The molecule has 0 heterocycles. The number of Topliss-reactive ketones (excluding diaryl/α,β-unsaturated/α-hetero) is 1. The molecule has 2 radical (unpaired) electrons. The van der Waals surface area contributed by atoms with Gasteiger partial charge in [-0.05, 0) is 41.1 Å². The van der Waals surface area contributed by atoms with Crippen LogP contribution in [0.2, 0.25) is 0 Å². The molecule has 0 aromatic carbocycles. The maximum absolute atomic E-state index is 11.8. The Morgan fingerprint density at radius 1 is 1.18 bits per heavy atom. The van der Waals surface area contributed by atoms with Crippen LogP contribution in [0.15, 0.2) is 0 Å². The summed E-state index contributed by atoms with van der Waals surface area (Å²) in [6, 6.07) is 0. The first-order valence-electron chi connectivity index (χ1n) is 5.28. The van der Waals surface area contributed by atoms with Crippen LogP contribution in [0, 0.1) is 5.41 Å². The second-order valence-corrected chi connectivity index (χ2v) is 4.79. The zero-order valence-corrected chi connectivity index (χ0v) is 10.9. The summed E-state index contributed by atoms with van der Waals surface area (Å²) in [7, 11) is 5.16. The first kappa shape index (κ1) is 15.7.